The lowest BCUT2D eigenvalue weighted by Gasteiger charge is -2.23. The molecule has 0 spiro atoms. The highest BCUT2D eigenvalue weighted by Gasteiger charge is 2.28. The minimum absolute atomic E-state index is 0.0215. The average Bonchev–Trinajstić information content (AvgIpc) is 3.51. The molecule has 0 aliphatic carbocycles. The maximum atomic E-state index is 13.7. The van der Waals surface area contributed by atoms with Gasteiger partial charge in [-0.2, -0.15) is 0 Å². The Morgan fingerprint density at radius 2 is 2.18 bits per heavy atom. The Bertz CT molecular complexity index is 1100. The van der Waals surface area contributed by atoms with E-state index < -0.39 is 0 Å². The maximum Gasteiger partial charge on any atom is 0.260 e. The molecule has 1 saturated heterocycles. The van der Waals surface area contributed by atoms with Crippen LogP contribution in [0.25, 0.3) is 10.2 Å². The van der Waals surface area contributed by atoms with Crippen molar-refractivity contribution in [2.75, 3.05) is 31.8 Å². The molecule has 2 aromatic carbocycles. The van der Waals surface area contributed by atoms with E-state index in [1.807, 2.05) is 18.2 Å². The van der Waals surface area contributed by atoms with E-state index in [1.54, 1.807) is 30.2 Å². The Morgan fingerprint density at radius 3 is 2.94 bits per heavy atom. The summed E-state index contributed by atoms with van der Waals surface area (Å²) >= 11 is 7.82. The molecule has 3 aromatic rings. The second-order valence-electron chi connectivity index (χ2n) is 8.06. The third-order valence-corrected chi connectivity index (χ3v) is 7.19. The third kappa shape index (κ3) is 5.60. The second kappa shape index (κ2) is 11.2. The number of hydrogen-bond donors (Lipinski definition) is 0. The van der Waals surface area contributed by atoms with E-state index in [0.717, 1.165) is 36.8 Å². The van der Waals surface area contributed by atoms with Crippen molar-refractivity contribution in [3.8, 4) is 11.5 Å². The monoisotopic (exact) mass is 488 g/mol. The molecule has 33 heavy (non-hydrogen) atoms. The van der Waals surface area contributed by atoms with E-state index in [9.17, 15) is 4.79 Å². The summed E-state index contributed by atoms with van der Waals surface area (Å²) < 4.78 is 18.0. The summed E-state index contributed by atoms with van der Waals surface area (Å²) in [4.78, 5) is 20.1. The van der Waals surface area contributed by atoms with Crippen LogP contribution in [0.1, 0.15) is 49.4 Å². The number of hydrogen-bond acceptors (Lipinski definition) is 6. The van der Waals surface area contributed by atoms with E-state index in [-0.39, 0.29) is 12.0 Å². The van der Waals surface area contributed by atoms with Crippen LogP contribution in [0, 0.1) is 0 Å². The molecule has 0 saturated carbocycles. The summed E-state index contributed by atoms with van der Waals surface area (Å²) in [5.41, 5.74) is 1.21. The first-order valence-corrected chi connectivity index (χ1v) is 12.6. The first kappa shape index (κ1) is 23.8. The number of methoxy groups -OCH3 is 1. The van der Waals surface area contributed by atoms with Gasteiger partial charge in [0.2, 0.25) is 0 Å². The Hall–Kier alpha value is -2.35. The van der Waals surface area contributed by atoms with Crippen molar-refractivity contribution < 1.29 is 19.0 Å². The smallest absolute Gasteiger partial charge is 0.260 e. The highest BCUT2D eigenvalue weighted by atomic mass is 35.5. The van der Waals surface area contributed by atoms with Crippen molar-refractivity contribution in [3.05, 3.63) is 47.0 Å². The molecule has 1 amide bonds. The molecule has 2 heterocycles. The molecule has 6 nitrogen and oxygen atoms in total. The zero-order chi connectivity index (χ0) is 23.2. The van der Waals surface area contributed by atoms with E-state index >= 15 is 0 Å². The molecule has 8 heteroatoms. The summed E-state index contributed by atoms with van der Waals surface area (Å²) in [6, 6.07) is 10.9. The standard InChI is InChI=1S/C25H29ClN2O4S/c1-3-4-5-13-31-18-9-6-8-17(15-18)24(29)28(16-19-10-7-14-32-19)25-27-22-21(30-2)12-11-20(26)23(22)33-25/h6,8-9,11-12,15,19H,3-5,7,10,13-14,16H2,1-2H3. The van der Waals surface area contributed by atoms with Gasteiger partial charge in [0.05, 0.1) is 36.1 Å². The Labute approximate surface area is 203 Å². The predicted molar refractivity (Wildman–Crippen MR) is 133 cm³/mol. The topological polar surface area (TPSA) is 60.9 Å². The van der Waals surface area contributed by atoms with Gasteiger partial charge in [-0.15, -0.1) is 0 Å². The zero-order valence-corrected chi connectivity index (χ0v) is 20.6. The minimum atomic E-state index is -0.140. The molecular weight excluding hydrogens is 460 g/mol. The average molecular weight is 489 g/mol. The van der Waals surface area contributed by atoms with Gasteiger partial charge in [0.1, 0.15) is 17.0 Å². The van der Waals surface area contributed by atoms with Gasteiger partial charge < -0.3 is 14.2 Å². The number of thiazole rings is 1. The van der Waals surface area contributed by atoms with Gasteiger partial charge in [-0.1, -0.05) is 48.8 Å². The molecule has 4 rings (SSSR count). The van der Waals surface area contributed by atoms with Crippen LogP contribution >= 0.6 is 22.9 Å². The minimum Gasteiger partial charge on any atom is -0.494 e. The molecule has 1 fully saturated rings. The molecule has 0 bridgehead atoms. The largest absolute Gasteiger partial charge is 0.494 e. The summed E-state index contributed by atoms with van der Waals surface area (Å²) in [7, 11) is 1.60. The number of fused-ring (bicyclic) bond motifs is 1. The van der Waals surface area contributed by atoms with Gasteiger partial charge in [0, 0.05) is 12.2 Å². The first-order chi connectivity index (χ1) is 16.1. The number of benzene rings is 2. The van der Waals surface area contributed by atoms with Crippen LogP contribution in [-0.2, 0) is 4.74 Å². The van der Waals surface area contributed by atoms with Gasteiger partial charge in [0.15, 0.2) is 5.13 Å². The molecule has 1 aliphatic heterocycles. The molecule has 1 unspecified atom stereocenters. The van der Waals surface area contributed by atoms with Crippen LogP contribution in [0.5, 0.6) is 11.5 Å². The summed E-state index contributed by atoms with van der Waals surface area (Å²) in [6.45, 7) is 3.95. The fourth-order valence-corrected chi connectivity index (χ4v) is 5.14. The lowest BCUT2D eigenvalue weighted by Crippen LogP contribution is -2.37. The number of unbranched alkanes of at least 4 members (excludes halogenated alkanes) is 2. The van der Waals surface area contributed by atoms with Crippen molar-refractivity contribution >= 4 is 44.2 Å². The van der Waals surface area contributed by atoms with Crippen LogP contribution in [0.2, 0.25) is 5.02 Å². The number of carbonyl (C=O) groups is 1. The van der Waals surface area contributed by atoms with Gasteiger partial charge >= 0.3 is 0 Å². The number of ether oxygens (including phenoxy) is 3. The number of amides is 1. The molecule has 176 valence electrons. The Balaban J connectivity index is 1.64. The van der Waals surface area contributed by atoms with E-state index in [0.29, 0.717) is 52.5 Å². The number of anilines is 1. The van der Waals surface area contributed by atoms with Crippen molar-refractivity contribution in [2.24, 2.45) is 0 Å². The van der Waals surface area contributed by atoms with Crippen LogP contribution in [0.4, 0.5) is 5.13 Å². The number of halogens is 1. The lowest BCUT2D eigenvalue weighted by atomic mass is 10.1. The fraction of sp³-hybridized carbons (Fsp3) is 0.440. The predicted octanol–water partition coefficient (Wildman–Crippen LogP) is 6.35. The van der Waals surface area contributed by atoms with Crippen molar-refractivity contribution in [1.29, 1.82) is 0 Å². The second-order valence-corrected chi connectivity index (χ2v) is 9.44. The van der Waals surface area contributed by atoms with E-state index in [4.69, 9.17) is 30.8 Å². The van der Waals surface area contributed by atoms with Crippen molar-refractivity contribution in [1.82, 2.24) is 4.98 Å². The lowest BCUT2D eigenvalue weighted by molar-refractivity contribution is 0.0917. The fourth-order valence-electron chi connectivity index (χ4n) is 3.88. The van der Waals surface area contributed by atoms with Crippen LogP contribution in [-0.4, -0.2) is 43.9 Å². The highest BCUT2D eigenvalue weighted by molar-refractivity contribution is 7.23. The number of aromatic nitrogens is 1. The quantitative estimate of drug-likeness (QED) is 0.311. The van der Waals surface area contributed by atoms with Crippen LogP contribution in [0.3, 0.4) is 0 Å². The summed E-state index contributed by atoms with van der Waals surface area (Å²) in [6.07, 6.45) is 5.14. The third-order valence-electron chi connectivity index (χ3n) is 5.65. The molecule has 0 radical (unpaired) electrons. The Morgan fingerprint density at radius 1 is 1.30 bits per heavy atom. The van der Waals surface area contributed by atoms with Gasteiger partial charge in [-0.05, 0) is 49.6 Å². The number of carbonyl (C=O) groups excluding carboxylic acids is 1. The van der Waals surface area contributed by atoms with Crippen molar-refractivity contribution in [3.63, 3.8) is 0 Å². The number of nitrogens with zero attached hydrogens (tertiary/aromatic N) is 2. The number of rotatable bonds is 10. The SMILES string of the molecule is CCCCCOc1cccc(C(=O)N(CC2CCCO2)c2nc3c(OC)ccc(Cl)c3s2)c1. The van der Waals surface area contributed by atoms with Gasteiger partial charge in [-0.25, -0.2) is 4.98 Å². The van der Waals surface area contributed by atoms with Gasteiger partial charge in [-0.3, -0.25) is 9.69 Å². The van der Waals surface area contributed by atoms with Crippen LogP contribution < -0.4 is 14.4 Å². The highest BCUT2D eigenvalue weighted by Crippen LogP contribution is 2.39. The van der Waals surface area contributed by atoms with E-state index in [1.165, 1.54) is 11.3 Å². The zero-order valence-electron chi connectivity index (χ0n) is 19.0. The molecule has 1 aromatic heterocycles. The molecule has 1 atom stereocenters. The Kier molecular flexibility index (Phi) is 8.06. The summed E-state index contributed by atoms with van der Waals surface area (Å²) in [5.74, 6) is 1.19. The van der Waals surface area contributed by atoms with Crippen LogP contribution in [0.15, 0.2) is 36.4 Å². The molecule has 1 aliphatic rings. The normalized spacial score (nSPS) is 15.7. The van der Waals surface area contributed by atoms with Gasteiger partial charge in [0.25, 0.3) is 5.91 Å². The first-order valence-electron chi connectivity index (χ1n) is 11.4. The summed E-state index contributed by atoms with van der Waals surface area (Å²) in [5, 5.41) is 1.16. The van der Waals surface area contributed by atoms with Crippen molar-refractivity contribution in [2.45, 2.75) is 45.1 Å². The molecule has 0 N–H and O–H groups in total. The molecular formula is C25H29ClN2O4S. The maximum absolute atomic E-state index is 13.7. The van der Waals surface area contributed by atoms with E-state index in [2.05, 4.69) is 6.92 Å².